The lowest BCUT2D eigenvalue weighted by molar-refractivity contribution is 0.274. The Hall–Kier alpha value is -2.01. The van der Waals surface area contributed by atoms with Crippen molar-refractivity contribution in [2.45, 2.75) is 29.1 Å². The van der Waals surface area contributed by atoms with E-state index in [4.69, 9.17) is 4.74 Å². The van der Waals surface area contributed by atoms with Crippen LogP contribution in [0, 0.1) is 5.92 Å². The van der Waals surface area contributed by atoms with Crippen molar-refractivity contribution in [2.24, 2.45) is 5.92 Å². The number of nitrogens with one attached hydrogen (secondary N) is 1. The summed E-state index contributed by atoms with van der Waals surface area (Å²) in [5, 5.41) is 0. The molecule has 29 heavy (non-hydrogen) atoms. The largest absolute Gasteiger partial charge is 0.493 e. The number of fused-ring (bicyclic) bond motifs is 1. The van der Waals surface area contributed by atoms with E-state index in [1.807, 2.05) is 0 Å². The number of sulfonamides is 2. The summed E-state index contributed by atoms with van der Waals surface area (Å²) in [5.41, 5.74) is 0.904. The molecule has 0 atom stereocenters. The molecule has 0 bridgehead atoms. The van der Waals surface area contributed by atoms with E-state index >= 15 is 0 Å². The molecule has 2 aromatic rings. The Morgan fingerprint density at radius 2 is 1.90 bits per heavy atom. The van der Waals surface area contributed by atoms with Gasteiger partial charge >= 0.3 is 0 Å². The van der Waals surface area contributed by atoms with Crippen LogP contribution in [0.25, 0.3) is 0 Å². The van der Waals surface area contributed by atoms with Crippen LogP contribution in [-0.4, -0.2) is 52.4 Å². The van der Waals surface area contributed by atoms with Gasteiger partial charge in [-0.25, -0.2) is 21.6 Å². The summed E-state index contributed by atoms with van der Waals surface area (Å²) in [7, 11) is -7.17. The minimum Gasteiger partial charge on any atom is -0.493 e. The fraction of sp³-hybridized carbons (Fsp3) is 0.421. The Balaban J connectivity index is 1.34. The standard InChI is InChI=1S/C19H23N3O5S2/c23-28(24,17-3-4-19-16(12-17)7-11-27-19)21-13-15-5-9-22(10-6-15)29(25,26)18-2-1-8-20-14-18/h1-4,8,12,14-15,21H,5-7,9-11,13H2. The van der Waals surface area contributed by atoms with Gasteiger partial charge in [-0.3, -0.25) is 4.98 Å². The van der Waals surface area contributed by atoms with Crippen molar-refractivity contribution < 1.29 is 21.6 Å². The SMILES string of the molecule is O=S(=O)(NCC1CCN(S(=O)(=O)c2cccnc2)CC1)c1ccc2c(c1)CCO2. The molecule has 10 heteroatoms. The maximum atomic E-state index is 12.7. The first-order valence-corrected chi connectivity index (χ1v) is 12.4. The van der Waals surface area contributed by atoms with Crippen LogP contribution >= 0.6 is 0 Å². The Morgan fingerprint density at radius 3 is 2.62 bits per heavy atom. The maximum Gasteiger partial charge on any atom is 0.244 e. The van der Waals surface area contributed by atoms with Gasteiger partial charge in [-0.15, -0.1) is 0 Å². The van der Waals surface area contributed by atoms with Gasteiger partial charge in [0.1, 0.15) is 10.6 Å². The molecule has 1 aromatic heterocycles. The highest BCUT2D eigenvalue weighted by Crippen LogP contribution is 2.28. The van der Waals surface area contributed by atoms with Crippen molar-refractivity contribution in [3.05, 3.63) is 48.3 Å². The average Bonchev–Trinajstić information content (AvgIpc) is 3.21. The second-order valence-corrected chi connectivity index (χ2v) is 11.0. The molecular formula is C19H23N3O5S2. The molecule has 1 aromatic carbocycles. The van der Waals surface area contributed by atoms with Crippen molar-refractivity contribution in [1.29, 1.82) is 0 Å². The van der Waals surface area contributed by atoms with Crippen LogP contribution in [0.15, 0.2) is 52.5 Å². The zero-order valence-corrected chi connectivity index (χ0v) is 17.5. The maximum absolute atomic E-state index is 12.7. The van der Waals surface area contributed by atoms with Crippen LogP contribution in [0.3, 0.4) is 0 Å². The predicted octanol–water partition coefficient (Wildman–Crippen LogP) is 1.40. The van der Waals surface area contributed by atoms with Crippen molar-refractivity contribution in [3.63, 3.8) is 0 Å². The number of benzene rings is 1. The van der Waals surface area contributed by atoms with E-state index in [2.05, 4.69) is 9.71 Å². The van der Waals surface area contributed by atoms with E-state index in [0.717, 1.165) is 11.3 Å². The Bertz CT molecular complexity index is 1080. The molecule has 0 spiro atoms. The highest BCUT2D eigenvalue weighted by Gasteiger charge is 2.30. The second kappa shape index (κ2) is 8.02. The molecule has 4 rings (SSSR count). The third kappa shape index (κ3) is 4.30. The van der Waals surface area contributed by atoms with Gasteiger partial charge in [-0.05, 0) is 54.7 Å². The first-order chi connectivity index (χ1) is 13.9. The fourth-order valence-electron chi connectivity index (χ4n) is 3.64. The summed E-state index contributed by atoms with van der Waals surface area (Å²) in [5.74, 6) is 0.828. The smallest absolute Gasteiger partial charge is 0.244 e. The van der Waals surface area contributed by atoms with Crippen LogP contribution in [0.4, 0.5) is 0 Å². The predicted molar refractivity (Wildman–Crippen MR) is 107 cm³/mol. The van der Waals surface area contributed by atoms with Crippen LogP contribution in [0.2, 0.25) is 0 Å². The quantitative estimate of drug-likeness (QED) is 0.732. The van der Waals surface area contributed by atoms with Crippen molar-refractivity contribution >= 4 is 20.0 Å². The fourth-order valence-corrected chi connectivity index (χ4v) is 6.24. The highest BCUT2D eigenvalue weighted by atomic mass is 32.2. The number of piperidine rings is 1. The topological polar surface area (TPSA) is 106 Å². The molecular weight excluding hydrogens is 414 g/mol. The van der Waals surface area contributed by atoms with Crippen LogP contribution in [0.5, 0.6) is 5.75 Å². The van der Waals surface area contributed by atoms with E-state index in [9.17, 15) is 16.8 Å². The first kappa shape index (κ1) is 20.3. The molecule has 1 fully saturated rings. The lowest BCUT2D eigenvalue weighted by atomic mass is 9.99. The zero-order chi connectivity index (χ0) is 20.5. The Morgan fingerprint density at radius 1 is 1.10 bits per heavy atom. The average molecular weight is 438 g/mol. The second-order valence-electron chi connectivity index (χ2n) is 7.26. The molecule has 1 saturated heterocycles. The van der Waals surface area contributed by atoms with E-state index in [-0.39, 0.29) is 22.3 Å². The van der Waals surface area contributed by atoms with Gasteiger partial charge in [0.15, 0.2) is 0 Å². The van der Waals surface area contributed by atoms with Crippen molar-refractivity contribution in [2.75, 3.05) is 26.2 Å². The summed E-state index contributed by atoms with van der Waals surface area (Å²) in [6.45, 7) is 1.59. The molecule has 0 amide bonds. The molecule has 0 aliphatic carbocycles. The summed E-state index contributed by atoms with van der Waals surface area (Å²) >= 11 is 0. The number of aromatic nitrogens is 1. The number of ether oxygens (including phenoxy) is 1. The number of pyridine rings is 1. The van der Waals surface area contributed by atoms with E-state index in [1.54, 1.807) is 24.3 Å². The number of rotatable bonds is 6. The van der Waals surface area contributed by atoms with E-state index < -0.39 is 20.0 Å². The highest BCUT2D eigenvalue weighted by molar-refractivity contribution is 7.89. The van der Waals surface area contributed by atoms with Gasteiger partial charge in [0, 0.05) is 38.4 Å². The molecule has 0 saturated carbocycles. The lowest BCUT2D eigenvalue weighted by Gasteiger charge is -2.31. The van der Waals surface area contributed by atoms with Crippen molar-refractivity contribution in [1.82, 2.24) is 14.0 Å². The van der Waals surface area contributed by atoms with Gasteiger partial charge in [-0.1, -0.05) is 0 Å². The minimum absolute atomic E-state index is 0.0860. The van der Waals surface area contributed by atoms with Gasteiger partial charge < -0.3 is 4.74 Å². The summed E-state index contributed by atoms with van der Waals surface area (Å²) in [6, 6.07) is 8.03. The molecule has 0 unspecified atom stereocenters. The molecule has 3 heterocycles. The van der Waals surface area contributed by atoms with Crippen molar-refractivity contribution in [3.8, 4) is 5.75 Å². The number of hydrogen-bond donors (Lipinski definition) is 1. The third-order valence-corrected chi connectivity index (χ3v) is 8.68. The number of hydrogen-bond acceptors (Lipinski definition) is 6. The number of nitrogens with zero attached hydrogens (tertiary/aromatic N) is 2. The van der Waals surface area contributed by atoms with Crippen LogP contribution in [0.1, 0.15) is 18.4 Å². The van der Waals surface area contributed by atoms with E-state index in [1.165, 1.54) is 22.8 Å². The van der Waals surface area contributed by atoms with Gasteiger partial charge in [0.05, 0.1) is 11.5 Å². The molecule has 0 radical (unpaired) electrons. The normalized spacial score (nSPS) is 18.3. The van der Waals surface area contributed by atoms with Gasteiger partial charge in [0.2, 0.25) is 20.0 Å². The molecule has 8 nitrogen and oxygen atoms in total. The molecule has 1 N–H and O–H groups in total. The molecule has 2 aliphatic rings. The lowest BCUT2D eigenvalue weighted by Crippen LogP contribution is -2.41. The van der Waals surface area contributed by atoms with Crippen LogP contribution < -0.4 is 9.46 Å². The molecule has 2 aliphatic heterocycles. The molecule has 156 valence electrons. The minimum atomic E-state index is -3.61. The summed E-state index contributed by atoms with van der Waals surface area (Å²) < 4.78 is 60.1. The Labute approximate surface area is 171 Å². The van der Waals surface area contributed by atoms with Gasteiger partial charge in [0.25, 0.3) is 0 Å². The van der Waals surface area contributed by atoms with Crippen LogP contribution in [-0.2, 0) is 26.5 Å². The van der Waals surface area contributed by atoms with Gasteiger partial charge in [-0.2, -0.15) is 4.31 Å². The summed E-state index contributed by atoms with van der Waals surface area (Å²) in [6.07, 6.45) is 4.78. The third-order valence-electron chi connectivity index (χ3n) is 5.38. The monoisotopic (exact) mass is 437 g/mol. The summed E-state index contributed by atoms with van der Waals surface area (Å²) in [4.78, 5) is 4.29. The Kier molecular flexibility index (Phi) is 5.60. The van der Waals surface area contributed by atoms with E-state index in [0.29, 0.717) is 39.0 Å². The zero-order valence-electron chi connectivity index (χ0n) is 15.8. The first-order valence-electron chi connectivity index (χ1n) is 9.52.